The molecule has 2 aromatic carbocycles. The molecular formula is C17H22N2O. The second kappa shape index (κ2) is 6.33. The summed E-state index contributed by atoms with van der Waals surface area (Å²) in [7, 11) is 5.79. The van der Waals surface area contributed by atoms with Crippen molar-refractivity contribution in [2.24, 2.45) is 0 Å². The van der Waals surface area contributed by atoms with Gasteiger partial charge in [0, 0.05) is 31.0 Å². The van der Waals surface area contributed by atoms with Crippen LogP contribution in [0.5, 0.6) is 5.75 Å². The maximum Gasteiger partial charge on any atom is 0.124 e. The number of anilines is 2. The summed E-state index contributed by atoms with van der Waals surface area (Å²) in [4.78, 5) is 2.09. The molecule has 0 aliphatic carbocycles. The van der Waals surface area contributed by atoms with E-state index >= 15 is 0 Å². The number of hydrogen-bond acceptors (Lipinski definition) is 3. The highest BCUT2D eigenvalue weighted by Gasteiger charge is 2.10. The van der Waals surface area contributed by atoms with Crippen LogP contribution in [0.2, 0.25) is 0 Å². The molecule has 0 heterocycles. The van der Waals surface area contributed by atoms with E-state index in [0.717, 1.165) is 17.0 Å². The van der Waals surface area contributed by atoms with E-state index in [1.807, 2.05) is 32.3 Å². The second-order valence-electron chi connectivity index (χ2n) is 5.05. The van der Waals surface area contributed by atoms with E-state index in [0.29, 0.717) is 0 Å². The first-order chi connectivity index (χ1) is 9.61. The van der Waals surface area contributed by atoms with Crippen LogP contribution in [0.25, 0.3) is 0 Å². The molecule has 1 unspecified atom stereocenters. The van der Waals surface area contributed by atoms with Crippen molar-refractivity contribution in [3.63, 3.8) is 0 Å². The van der Waals surface area contributed by atoms with E-state index in [1.54, 1.807) is 7.11 Å². The first-order valence-electron chi connectivity index (χ1n) is 6.78. The zero-order valence-electron chi connectivity index (χ0n) is 12.6. The van der Waals surface area contributed by atoms with Gasteiger partial charge in [0.1, 0.15) is 5.75 Å². The minimum absolute atomic E-state index is 0.191. The van der Waals surface area contributed by atoms with Gasteiger partial charge in [-0.15, -0.1) is 0 Å². The van der Waals surface area contributed by atoms with Crippen LogP contribution in [0.15, 0.2) is 48.5 Å². The quantitative estimate of drug-likeness (QED) is 0.890. The standard InChI is InChI=1S/C17H22N2O/c1-13(16-7-5-6-8-17(16)20-4)18-14-9-11-15(12-10-14)19(2)3/h5-13,18H,1-4H3. The Morgan fingerprint density at radius 3 is 2.25 bits per heavy atom. The van der Waals surface area contributed by atoms with Gasteiger partial charge in [-0.2, -0.15) is 0 Å². The van der Waals surface area contributed by atoms with Crippen LogP contribution in [0.4, 0.5) is 11.4 Å². The molecule has 3 heteroatoms. The maximum absolute atomic E-state index is 5.41. The predicted octanol–water partition coefficient (Wildman–Crippen LogP) is 3.93. The fourth-order valence-electron chi connectivity index (χ4n) is 2.21. The third-order valence-corrected chi connectivity index (χ3v) is 3.37. The average Bonchev–Trinajstić information content (AvgIpc) is 2.47. The van der Waals surface area contributed by atoms with Crippen LogP contribution in [0, 0.1) is 0 Å². The molecule has 0 aliphatic heterocycles. The summed E-state index contributed by atoms with van der Waals surface area (Å²) in [6.45, 7) is 2.14. The number of methoxy groups -OCH3 is 1. The van der Waals surface area contributed by atoms with Crippen LogP contribution >= 0.6 is 0 Å². The third-order valence-electron chi connectivity index (χ3n) is 3.37. The topological polar surface area (TPSA) is 24.5 Å². The molecule has 0 aromatic heterocycles. The summed E-state index contributed by atoms with van der Waals surface area (Å²) in [5.74, 6) is 0.914. The monoisotopic (exact) mass is 270 g/mol. The lowest BCUT2D eigenvalue weighted by atomic mass is 10.1. The highest BCUT2D eigenvalue weighted by atomic mass is 16.5. The molecule has 0 saturated carbocycles. The fourth-order valence-corrected chi connectivity index (χ4v) is 2.21. The van der Waals surface area contributed by atoms with Crippen molar-refractivity contribution in [1.29, 1.82) is 0 Å². The Kier molecular flexibility index (Phi) is 4.51. The molecule has 0 spiro atoms. The molecule has 0 bridgehead atoms. The summed E-state index contributed by atoms with van der Waals surface area (Å²) in [6, 6.07) is 16.7. The van der Waals surface area contributed by atoms with Gasteiger partial charge in [0.05, 0.1) is 13.2 Å². The summed E-state index contributed by atoms with van der Waals surface area (Å²) in [6.07, 6.45) is 0. The molecule has 0 saturated heterocycles. The van der Waals surface area contributed by atoms with E-state index in [-0.39, 0.29) is 6.04 Å². The zero-order chi connectivity index (χ0) is 14.5. The first kappa shape index (κ1) is 14.3. The van der Waals surface area contributed by atoms with Crippen LogP contribution in [0.1, 0.15) is 18.5 Å². The lowest BCUT2D eigenvalue weighted by Gasteiger charge is -2.19. The highest BCUT2D eigenvalue weighted by molar-refractivity contribution is 5.55. The molecule has 0 radical (unpaired) electrons. The number of nitrogens with one attached hydrogen (secondary N) is 1. The number of hydrogen-bond donors (Lipinski definition) is 1. The second-order valence-corrected chi connectivity index (χ2v) is 5.05. The van der Waals surface area contributed by atoms with Crippen molar-refractivity contribution in [2.45, 2.75) is 13.0 Å². The average molecular weight is 270 g/mol. The maximum atomic E-state index is 5.41. The Morgan fingerprint density at radius 1 is 1.00 bits per heavy atom. The summed E-state index contributed by atoms with van der Waals surface area (Å²) >= 11 is 0. The Balaban J connectivity index is 2.13. The van der Waals surface area contributed by atoms with Crippen molar-refractivity contribution < 1.29 is 4.74 Å². The minimum Gasteiger partial charge on any atom is -0.496 e. The van der Waals surface area contributed by atoms with Gasteiger partial charge in [-0.05, 0) is 37.3 Å². The number of nitrogens with zero attached hydrogens (tertiary/aromatic N) is 1. The molecule has 0 aliphatic rings. The summed E-state index contributed by atoms with van der Waals surface area (Å²) in [5.41, 5.74) is 3.46. The van der Waals surface area contributed by atoms with Gasteiger partial charge in [0.2, 0.25) is 0 Å². The Hall–Kier alpha value is -2.16. The molecule has 2 aromatic rings. The smallest absolute Gasteiger partial charge is 0.124 e. The third kappa shape index (κ3) is 3.23. The molecule has 3 nitrogen and oxygen atoms in total. The van der Waals surface area contributed by atoms with Gasteiger partial charge >= 0.3 is 0 Å². The molecule has 106 valence electrons. The van der Waals surface area contributed by atoms with Crippen LogP contribution < -0.4 is 15.0 Å². The predicted molar refractivity (Wildman–Crippen MR) is 85.8 cm³/mol. The molecule has 1 N–H and O–H groups in total. The van der Waals surface area contributed by atoms with E-state index in [2.05, 4.69) is 47.5 Å². The summed E-state index contributed by atoms with van der Waals surface area (Å²) in [5, 5.41) is 3.50. The fraction of sp³-hybridized carbons (Fsp3) is 0.294. The normalized spacial score (nSPS) is 11.8. The van der Waals surface area contributed by atoms with Crippen molar-refractivity contribution in [2.75, 3.05) is 31.4 Å². The highest BCUT2D eigenvalue weighted by Crippen LogP contribution is 2.27. The van der Waals surface area contributed by atoms with Crippen LogP contribution in [0.3, 0.4) is 0 Å². The SMILES string of the molecule is COc1ccccc1C(C)Nc1ccc(N(C)C)cc1. The van der Waals surface area contributed by atoms with E-state index in [1.165, 1.54) is 5.69 Å². The number of rotatable bonds is 5. The van der Waals surface area contributed by atoms with Crippen molar-refractivity contribution >= 4 is 11.4 Å². The first-order valence-corrected chi connectivity index (χ1v) is 6.78. The van der Waals surface area contributed by atoms with Gasteiger partial charge in [-0.25, -0.2) is 0 Å². The molecule has 0 amide bonds. The van der Waals surface area contributed by atoms with Gasteiger partial charge in [-0.3, -0.25) is 0 Å². The number of benzene rings is 2. The summed E-state index contributed by atoms with van der Waals surface area (Å²) < 4.78 is 5.41. The lowest BCUT2D eigenvalue weighted by molar-refractivity contribution is 0.408. The molecule has 0 fully saturated rings. The van der Waals surface area contributed by atoms with Gasteiger partial charge in [-0.1, -0.05) is 18.2 Å². The lowest BCUT2D eigenvalue weighted by Crippen LogP contribution is -2.10. The Morgan fingerprint density at radius 2 is 1.65 bits per heavy atom. The van der Waals surface area contributed by atoms with Crippen LogP contribution in [-0.4, -0.2) is 21.2 Å². The van der Waals surface area contributed by atoms with E-state index in [4.69, 9.17) is 4.74 Å². The largest absolute Gasteiger partial charge is 0.496 e. The molecule has 20 heavy (non-hydrogen) atoms. The van der Waals surface area contributed by atoms with Crippen molar-refractivity contribution in [3.05, 3.63) is 54.1 Å². The Bertz CT molecular complexity index is 549. The molecular weight excluding hydrogens is 248 g/mol. The number of ether oxygens (including phenoxy) is 1. The number of para-hydroxylation sites is 1. The molecule has 2 rings (SSSR count). The zero-order valence-corrected chi connectivity index (χ0v) is 12.6. The van der Waals surface area contributed by atoms with E-state index in [9.17, 15) is 0 Å². The van der Waals surface area contributed by atoms with Gasteiger partial charge < -0.3 is 15.0 Å². The Labute approximate surface area is 121 Å². The molecule has 1 atom stereocenters. The minimum atomic E-state index is 0.191. The van der Waals surface area contributed by atoms with E-state index < -0.39 is 0 Å². The van der Waals surface area contributed by atoms with Crippen molar-refractivity contribution in [1.82, 2.24) is 0 Å². The van der Waals surface area contributed by atoms with Gasteiger partial charge in [0.15, 0.2) is 0 Å². The van der Waals surface area contributed by atoms with Gasteiger partial charge in [0.25, 0.3) is 0 Å². The van der Waals surface area contributed by atoms with Crippen LogP contribution in [-0.2, 0) is 0 Å². The van der Waals surface area contributed by atoms with Crippen molar-refractivity contribution in [3.8, 4) is 5.75 Å².